The largest absolute Gasteiger partial charge is 0.361 e. The molecule has 0 unspecified atom stereocenters. The van der Waals surface area contributed by atoms with Crippen molar-refractivity contribution in [2.24, 2.45) is 0 Å². The first-order valence-electron chi connectivity index (χ1n) is 12.4. The summed E-state index contributed by atoms with van der Waals surface area (Å²) >= 11 is 0. The van der Waals surface area contributed by atoms with Gasteiger partial charge < -0.3 is 20.1 Å². The Balaban J connectivity index is 1.49. The number of aromatic amines is 1. The second kappa shape index (κ2) is 11.6. The Labute approximate surface area is 212 Å². The summed E-state index contributed by atoms with van der Waals surface area (Å²) in [6.45, 7) is 6.90. The third-order valence-corrected chi connectivity index (χ3v) is 6.35. The smallest absolute Gasteiger partial charge is 0.322 e. The zero-order valence-corrected chi connectivity index (χ0v) is 21.2. The molecule has 0 radical (unpaired) electrons. The van der Waals surface area contributed by atoms with Gasteiger partial charge in [0.05, 0.1) is 0 Å². The molecule has 6 heteroatoms. The number of hydrogen-bond acceptors (Lipinski definition) is 2. The van der Waals surface area contributed by atoms with Gasteiger partial charge in [-0.1, -0.05) is 60.7 Å². The third-order valence-electron chi connectivity index (χ3n) is 6.35. The predicted molar refractivity (Wildman–Crippen MR) is 146 cm³/mol. The van der Waals surface area contributed by atoms with Gasteiger partial charge in [0.1, 0.15) is 6.54 Å². The van der Waals surface area contributed by atoms with Crippen molar-refractivity contribution in [1.82, 2.24) is 14.8 Å². The summed E-state index contributed by atoms with van der Waals surface area (Å²) in [6.07, 6.45) is 2.74. The van der Waals surface area contributed by atoms with Crippen LogP contribution in [-0.4, -0.2) is 45.9 Å². The van der Waals surface area contributed by atoms with E-state index >= 15 is 0 Å². The number of para-hydroxylation sites is 1. The first kappa shape index (κ1) is 25.0. The van der Waals surface area contributed by atoms with Crippen LogP contribution in [0.15, 0.2) is 85.1 Å². The number of nitrogens with one attached hydrogen (secondary N) is 2. The van der Waals surface area contributed by atoms with Gasteiger partial charge in [0.15, 0.2) is 0 Å². The molecule has 0 bridgehead atoms. The minimum atomic E-state index is -0.278. The number of urea groups is 1. The van der Waals surface area contributed by atoms with Crippen LogP contribution in [0.2, 0.25) is 0 Å². The van der Waals surface area contributed by atoms with Crippen LogP contribution in [0.25, 0.3) is 10.9 Å². The highest BCUT2D eigenvalue weighted by molar-refractivity contribution is 5.92. The topological polar surface area (TPSA) is 68.4 Å². The lowest BCUT2D eigenvalue weighted by Gasteiger charge is -2.30. The van der Waals surface area contributed by atoms with E-state index in [9.17, 15) is 9.59 Å². The number of aryl methyl sites for hydroxylation is 1. The summed E-state index contributed by atoms with van der Waals surface area (Å²) in [5.74, 6) is -0.0770. The number of anilines is 1. The van der Waals surface area contributed by atoms with E-state index in [1.807, 2.05) is 98.6 Å². The van der Waals surface area contributed by atoms with Crippen LogP contribution in [0.1, 0.15) is 30.5 Å². The summed E-state index contributed by atoms with van der Waals surface area (Å²) in [5, 5.41) is 4.12. The van der Waals surface area contributed by atoms with Gasteiger partial charge in [0.2, 0.25) is 5.91 Å². The molecule has 1 aromatic heterocycles. The zero-order valence-electron chi connectivity index (χ0n) is 21.2. The van der Waals surface area contributed by atoms with Crippen molar-refractivity contribution in [2.75, 3.05) is 18.4 Å². The molecule has 6 nitrogen and oxygen atoms in total. The molecular formula is C30H34N4O2. The van der Waals surface area contributed by atoms with Crippen LogP contribution in [-0.2, 0) is 17.8 Å². The highest BCUT2D eigenvalue weighted by atomic mass is 16.2. The maximum Gasteiger partial charge on any atom is 0.322 e. The number of carbonyl (C=O) groups excluding carboxylic acids is 2. The van der Waals surface area contributed by atoms with Crippen molar-refractivity contribution in [3.63, 3.8) is 0 Å². The average Bonchev–Trinajstić information content (AvgIpc) is 3.28. The van der Waals surface area contributed by atoms with Crippen LogP contribution >= 0.6 is 0 Å². The molecule has 2 N–H and O–H groups in total. The summed E-state index contributed by atoms with van der Waals surface area (Å²) < 4.78 is 0. The van der Waals surface area contributed by atoms with Crippen LogP contribution in [0.5, 0.6) is 0 Å². The Kier molecular flexibility index (Phi) is 8.06. The molecule has 1 heterocycles. The van der Waals surface area contributed by atoms with Gasteiger partial charge >= 0.3 is 6.03 Å². The fraction of sp³-hybridized carbons (Fsp3) is 0.267. The molecule has 0 aliphatic rings. The highest BCUT2D eigenvalue weighted by Gasteiger charge is 2.24. The van der Waals surface area contributed by atoms with Gasteiger partial charge in [-0.05, 0) is 62.1 Å². The van der Waals surface area contributed by atoms with E-state index in [0.29, 0.717) is 13.1 Å². The minimum absolute atomic E-state index is 0.00995. The molecule has 0 saturated carbocycles. The van der Waals surface area contributed by atoms with E-state index in [0.717, 1.165) is 28.8 Å². The van der Waals surface area contributed by atoms with Gasteiger partial charge in [0, 0.05) is 41.9 Å². The number of rotatable bonds is 9. The summed E-state index contributed by atoms with van der Waals surface area (Å²) in [7, 11) is 0. The fourth-order valence-electron chi connectivity index (χ4n) is 4.34. The summed E-state index contributed by atoms with van der Waals surface area (Å²) in [4.78, 5) is 33.5. The third kappa shape index (κ3) is 6.33. The number of H-pyrrole nitrogens is 1. The van der Waals surface area contributed by atoms with E-state index < -0.39 is 0 Å². The molecule has 0 aliphatic carbocycles. The van der Waals surface area contributed by atoms with Crippen molar-refractivity contribution in [2.45, 2.75) is 39.8 Å². The number of benzene rings is 3. The first-order chi connectivity index (χ1) is 17.4. The van der Waals surface area contributed by atoms with E-state index in [1.165, 1.54) is 10.9 Å². The predicted octanol–water partition coefficient (Wildman–Crippen LogP) is 5.99. The van der Waals surface area contributed by atoms with Gasteiger partial charge in [-0.2, -0.15) is 0 Å². The lowest BCUT2D eigenvalue weighted by molar-refractivity contribution is -0.132. The number of aromatic nitrogens is 1. The summed E-state index contributed by atoms with van der Waals surface area (Å²) in [5.41, 5.74) is 5.11. The molecule has 4 aromatic rings. The molecule has 4 rings (SSSR count). The zero-order chi connectivity index (χ0) is 25.5. The molecule has 36 heavy (non-hydrogen) atoms. The Hall–Kier alpha value is -4.06. The van der Waals surface area contributed by atoms with Crippen molar-refractivity contribution in [1.29, 1.82) is 0 Å². The Morgan fingerprint density at radius 3 is 2.44 bits per heavy atom. The van der Waals surface area contributed by atoms with Gasteiger partial charge in [0.25, 0.3) is 0 Å². The van der Waals surface area contributed by atoms with Crippen LogP contribution in [0.3, 0.4) is 0 Å². The van der Waals surface area contributed by atoms with Crippen molar-refractivity contribution < 1.29 is 9.59 Å². The maximum atomic E-state index is 13.6. The lowest BCUT2D eigenvalue weighted by Crippen LogP contribution is -2.47. The van der Waals surface area contributed by atoms with E-state index in [2.05, 4.69) is 22.4 Å². The van der Waals surface area contributed by atoms with Gasteiger partial charge in [-0.15, -0.1) is 0 Å². The molecule has 186 valence electrons. The van der Waals surface area contributed by atoms with E-state index in [1.54, 1.807) is 4.90 Å². The van der Waals surface area contributed by atoms with Gasteiger partial charge in [-0.25, -0.2) is 4.79 Å². The number of hydrogen-bond donors (Lipinski definition) is 2. The minimum Gasteiger partial charge on any atom is -0.361 e. The Morgan fingerprint density at radius 2 is 1.69 bits per heavy atom. The van der Waals surface area contributed by atoms with Crippen LogP contribution in [0.4, 0.5) is 10.5 Å². The normalized spacial score (nSPS) is 11.0. The molecule has 0 atom stereocenters. The fourth-order valence-corrected chi connectivity index (χ4v) is 4.34. The molecule has 0 aliphatic heterocycles. The van der Waals surface area contributed by atoms with E-state index in [-0.39, 0.29) is 24.5 Å². The van der Waals surface area contributed by atoms with Crippen LogP contribution in [0, 0.1) is 6.92 Å². The molecular weight excluding hydrogens is 448 g/mol. The molecule has 0 saturated heterocycles. The van der Waals surface area contributed by atoms with Gasteiger partial charge in [-0.3, -0.25) is 4.79 Å². The number of nitrogens with zero attached hydrogens (tertiary/aromatic N) is 2. The molecule has 0 spiro atoms. The monoisotopic (exact) mass is 482 g/mol. The number of carbonyl (C=O) groups is 2. The number of fused-ring (bicyclic) bond motifs is 1. The second-order valence-electron chi connectivity index (χ2n) is 9.43. The van der Waals surface area contributed by atoms with Crippen molar-refractivity contribution in [3.05, 3.63) is 102 Å². The Bertz CT molecular complexity index is 1310. The highest BCUT2D eigenvalue weighted by Crippen LogP contribution is 2.19. The first-order valence-corrected chi connectivity index (χ1v) is 12.4. The van der Waals surface area contributed by atoms with Crippen molar-refractivity contribution in [3.8, 4) is 0 Å². The van der Waals surface area contributed by atoms with Crippen molar-refractivity contribution >= 4 is 28.5 Å². The standard InChI is InChI=1S/C30H34N4O2/c1-22(2)34(30(36)32-26-13-9-10-23(3)18-26)21-29(35)33(20-24-11-5-4-6-12-24)17-16-25-19-31-28-15-8-7-14-27(25)28/h4-15,18-19,22,31H,16-17,20-21H2,1-3H3,(H,32,36). The maximum absolute atomic E-state index is 13.6. The second-order valence-corrected chi connectivity index (χ2v) is 9.43. The van der Waals surface area contributed by atoms with E-state index in [4.69, 9.17) is 0 Å². The average molecular weight is 483 g/mol. The molecule has 0 fully saturated rings. The quantitative estimate of drug-likeness (QED) is 0.308. The molecule has 3 amide bonds. The van der Waals surface area contributed by atoms with Crippen LogP contribution < -0.4 is 5.32 Å². The number of amides is 3. The molecule has 3 aromatic carbocycles. The lowest BCUT2D eigenvalue weighted by atomic mass is 10.1. The Morgan fingerprint density at radius 1 is 0.944 bits per heavy atom. The summed E-state index contributed by atoms with van der Waals surface area (Å²) in [6, 6.07) is 25.4. The SMILES string of the molecule is Cc1cccc(NC(=O)N(CC(=O)N(CCc2c[nH]c3ccccc23)Cc2ccccc2)C(C)C)c1.